The average Bonchev–Trinajstić information content (AvgIpc) is 3.00. The highest BCUT2D eigenvalue weighted by Crippen LogP contribution is 2.41. The third-order valence-electron chi connectivity index (χ3n) is 5.83. The molecule has 1 amide bonds. The first-order valence-electron chi connectivity index (χ1n) is 9.58. The summed E-state index contributed by atoms with van der Waals surface area (Å²) in [5, 5.41) is 3.56. The zero-order chi connectivity index (χ0) is 21.7. The Morgan fingerprint density at radius 1 is 1.23 bits per heavy atom. The predicted molar refractivity (Wildman–Crippen MR) is 111 cm³/mol. The van der Waals surface area contributed by atoms with Gasteiger partial charge in [-0.15, -0.1) is 0 Å². The molecular formula is C23H21F2N3O2. The van der Waals surface area contributed by atoms with Crippen LogP contribution in [0, 0.1) is 25.5 Å². The van der Waals surface area contributed by atoms with Crippen LogP contribution in [0.15, 0.2) is 30.9 Å². The number of nitrogens with two attached hydrogens (primary N) is 1. The molecule has 0 bridgehead atoms. The van der Waals surface area contributed by atoms with Gasteiger partial charge in [-0.1, -0.05) is 6.58 Å². The molecule has 0 spiro atoms. The Balaban J connectivity index is 2.10. The molecule has 154 valence electrons. The van der Waals surface area contributed by atoms with Crippen LogP contribution in [0.2, 0.25) is 0 Å². The Kier molecular flexibility index (Phi) is 4.78. The largest absolute Gasteiger partial charge is 0.366 e. The monoisotopic (exact) mass is 409 g/mol. The number of aromatic amines is 1. The van der Waals surface area contributed by atoms with E-state index in [2.05, 4.69) is 16.9 Å². The van der Waals surface area contributed by atoms with Gasteiger partial charge in [-0.25, -0.2) is 8.78 Å². The number of nitrogens with one attached hydrogen (secondary N) is 2. The molecule has 2 aromatic carbocycles. The highest BCUT2D eigenvalue weighted by atomic mass is 19.1. The van der Waals surface area contributed by atoms with E-state index in [1.165, 1.54) is 18.2 Å². The lowest BCUT2D eigenvalue weighted by molar-refractivity contribution is -0.116. The van der Waals surface area contributed by atoms with Crippen molar-refractivity contribution in [2.24, 2.45) is 5.73 Å². The van der Waals surface area contributed by atoms with Crippen molar-refractivity contribution >= 4 is 22.6 Å². The summed E-state index contributed by atoms with van der Waals surface area (Å²) >= 11 is 0. The molecule has 1 unspecified atom stereocenters. The van der Waals surface area contributed by atoms with Gasteiger partial charge in [-0.05, 0) is 66.8 Å². The molecule has 0 radical (unpaired) electrons. The maximum absolute atomic E-state index is 15.4. The van der Waals surface area contributed by atoms with Crippen LogP contribution in [0.3, 0.4) is 0 Å². The van der Waals surface area contributed by atoms with Gasteiger partial charge in [0, 0.05) is 23.2 Å². The molecule has 1 aliphatic rings. The van der Waals surface area contributed by atoms with Gasteiger partial charge in [0.05, 0.1) is 17.1 Å². The Morgan fingerprint density at radius 3 is 2.63 bits per heavy atom. The zero-order valence-electron chi connectivity index (χ0n) is 16.7. The van der Waals surface area contributed by atoms with Crippen LogP contribution in [0.4, 0.5) is 8.78 Å². The number of fused-ring (bicyclic) bond motifs is 2. The fourth-order valence-corrected chi connectivity index (χ4v) is 4.32. The summed E-state index contributed by atoms with van der Waals surface area (Å²) in [6, 6.07) is 2.93. The van der Waals surface area contributed by atoms with Crippen molar-refractivity contribution < 1.29 is 18.4 Å². The smallest absolute Gasteiger partial charge is 0.250 e. The predicted octanol–water partition coefficient (Wildman–Crippen LogP) is 3.77. The summed E-state index contributed by atoms with van der Waals surface area (Å²) in [6.45, 7) is 7.61. The molecule has 4 rings (SSSR count). The normalized spacial score (nSPS) is 15.8. The molecule has 1 atom stereocenters. The first-order valence-corrected chi connectivity index (χ1v) is 9.58. The number of amides is 1. The van der Waals surface area contributed by atoms with Crippen molar-refractivity contribution in [3.63, 3.8) is 0 Å². The molecule has 30 heavy (non-hydrogen) atoms. The Labute approximate surface area is 172 Å². The number of halogens is 2. The SMILES string of the molecule is C=CC(=O)C1NCCc2c(-c3c(F)cc(C(N)=O)c4[nH]c(C)c(C)c34)cc(F)cc21. The van der Waals surface area contributed by atoms with Crippen LogP contribution in [-0.4, -0.2) is 23.2 Å². The van der Waals surface area contributed by atoms with E-state index in [0.717, 1.165) is 17.3 Å². The third-order valence-corrected chi connectivity index (χ3v) is 5.83. The summed E-state index contributed by atoms with van der Waals surface area (Å²) in [5.41, 5.74) is 9.14. The molecule has 0 fully saturated rings. The van der Waals surface area contributed by atoms with E-state index in [9.17, 15) is 14.0 Å². The number of H-pyrrole nitrogens is 1. The number of aryl methyl sites for hydroxylation is 2. The quantitative estimate of drug-likeness (QED) is 0.573. The van der Waals surface area contributed by atoms with Gasteiger partial charge in [0.25, 0.3) is 5.91 Å². The van der Waals surface area contributed by atoms with Crippen molar-refractivity contribution in [1.82, 2.24) is 10.3 Å². The van der Waals surface area contributed by atoms with Gasteiger partial charge in [-0.3, -0.25) is 9.59 Å². The molecule has 0 saturated heterocycles. The molecule has 4 N–H and O–H groups in total. The first-order chi connectivity index (χ1) is 14.2. The zero-order valence-corrected chi connectivity index (χ0v) is 16.7. The fourth-order valence-electron chi connectivity index (χ4n) is 4.32. The van der Waals surface area contributed by atoms with E-state index in [1.54, 1.807) is 6.92 Å². The Hall–Kier alpha value is -3.32. The van der Waals surface area contributed by atoms with E-state index >= 15 is 4.39 Å². The molecule has 7 heteroatoms. The number of carbonyl (C=O) groups is 2. The van der Waals surface area contributed by atoms with Crippen molar-refractivity contribution in [1.29, 1.82) is 0 Å². The number of rotatable bonds is 4. The minimum absolute atomic E-state index is 0.0362. The highest BCUT2D eigenvalue weighted by Gasteiger charge is 2.30. The number of carbonyl (C=O) groups excluding carboxylic acids is 2. The van der Waals surface area contributed by atoms with E-state index in [1.807, 2.05) is 6.92 Å². The molecule has 0 aliphatic carbocycles. The fraction of sp³-hybridized carbons (Fsp3) is 0.217. The maximum Gasteiger partial charge on any atom is 0.250 e. The van der Waals surface area contributed by atoms with Crippen molar-refractivity contribution in [3.05, 3.63) is 70.4 Å². The number of aromatic nitrogens is 1. The number of hydrogen-bond acceptors (Lipinski definition) is 3. The van der Waals surface area contributed by atoms with Crippen molar-refractivity contribution in [3.8, 4) is 11.1 Å². The lowest BCUT2D eigenvalue weighted by Crippen LogP contribution is -2.34. The number of primary amides is 1. The first kappa shape index (κ1) is 20.0. The third kappa shape index (κ3) is 2.93. The second-order valence-corrected chi connectivity index (χ2v) is 7.53. The van der Waals surface area contributed by atoms with Crippen LogP contribution < -0.4 is 11.1 Å². The maximum atomic E-state index is 15.4. The summed E-state index contributed by atoms with van der Waals surface area (Å²) in [4.78, 5) is 27.3. The van der Waals surface area contributed by atoms with Crippen LogP contribution in [0.1, 0.15) is 38.8 Å². The van der Waals surface area contributed by atoms with E-state index < -0.39 is 23.6 Å². The molecular weight excluding hydrogens is 388 g/mol. The van der Waals surface area contributed by atoms with Crippen molar-refractivity contribution in [2.45, 2.75) is 26.3 Å². The average molecular weight is 409 g/mol. The number of hydrogen-bond donors (Lipinski definition) is 3. The second-order valence-electron chi connectivity index (χ2n) is 7.53. The van der Waals surface area contributed by atoms with Crippen LogP contribution >= 0.6 is 0 Å². The van der Waals surface area contributed by atoms with Crippen LogP contribution in [-0.2, 0) is 11.2 Å². The standard InChI is InChI=1S/C23H21F2N3O2/c1-4-18(29)21-15-8-12(24)7-14(13(15)5-6-27-21)20-17(25)9-16(23(26)30)22-19(20)10(2)11(3)28-22/h4,7-9,21,27-28H,1,5-6H2,2-3H3,(H2,26,30). The van der Waals surface area contributed by atoms with Gasteiger partial charge in [0.15, 0.2) is 5.78 Å². The Morgan fingerprint density at radius 2 is 1.97 bits per heavy atom. The molecule has 3 aromatic rings. The Bertz CT molecular complexity index is 1240. The lowest BCUT2D eigenvalue weighted by atomic mass is 9.84. The van der Waals surface area contributed by atoms with Gasteiger partial charge < -0.3 is 16.0 Å². The van der Waals surface area contributed by atoms with Gasteiger partial charge >= 0.3 is 0 Å². The molecule has 0 saturated carbocycles. The second kappa shape index (κ2) is 7.18. The minimum Gasteiger partial charge on any atom is -0.366 e. The van der Waals surface area contributed by atoms with Crippen molar-refractivity contribution in [2.75, 3.05) is 6.54 Å². The number of ketones is 1. The molecule has 2 heterocycles. The molecule has 1 aromatic heterocycles. The summed E-state index contributed by atoms with van der Waals surface area (Å²) in [5.74, 6) is -2.29. The van der Waals surface area contributed by atoms with E-state index in [-0.39, 0.29) is 16.9 Å². The number of benzene rings is 2. The summed E-state index contributed by atoms with van der Waals surface area (Å²) in [6.07, 6.45) is 1.68. The van der Waals surface area contributed by atoms with Gasteiger partial charge in [0.2, 0.25) is 0 Å². The molecule has 1 aliphatic heterocycles. The van der Waals surface area contributed by atoms with E-state index in [4.69, 9.17) is 5.73 Å². The van der Waals surface area contributed by atoms with Gasteiger partial charge in [-0.2, -0.15) is 0 Å². The molecule has 5 nitrogen and oxygen atoms in total. The summed E-state index contributed by atoms with van der Waals surface area (Å²) in [7, 11) is 0. The van der Waals surface area contributed by atoms with Gasteiger partial charge in [0.1, 0.15) is 11.6 Å². The lowest BCUT2D eigenvalue weighted by Gasteiger charge is -2.28. The minimum atomic E-state index is -0.756. The van der Waals surface area contributed by atoms with Crippen LogP contribution in [0.25, 0.3) is 22.0 Å². The van der Waals surface area contributed by atoms with Crippen LogP contribution in [0.5, 0.6) is 0 Å². The summed E-state index contributed by atoms with van der Waals surface area (Å²) < 4.78 is 30.1. The highest BCUT2D eigenvalue weighted by molar-refractivity contribution is 6.11. The van der Waals surface area contributed by atoms with E-state index in [0.29, 0.717) is 40.6 Å². The topological polar surface area (TPSA) is 88.0 Å².